The van der Waals surface area contributed by atoms with E-state index in [1.165, 1.54) is 0 Å². The average molecular weight is 98.0 g/mol. The Hall–Kier alpha value is 0.300. The van der Waals surface area contributed by atoms with Crippen LogP contribution in [0.4, 0.5) is 0 Å². The zero-order chi connectivity index (χ0) is 4.28. The Bertz CT molecular complexity index is 44.1. The molecule has 0 amide bonds. The van der Waals surface area contributed by atoms with Crippen molar-refractivity contribution in [1.29, 1.82) is 0 Å². The Morgan fingerprint density at radius 1 is 1.67 bits per heavy atom. The van der Waals surface area contributed by atoms with Gasteiger partial charge < -0.3 is 10.2 Å². The summed E-state index contributed by atoms with van der Waals surface area (Å²) in [7, 11) is 0. The van der Waals surface area contributed by atoms with Crippen LogP contribution in [0, 0.1) is 6.61 Å². The molecule has 4 heteroatoms. The molecule has 0 unspecified atom stereocenters. The topological polar surface area (TPSA) is 57.5 Å². The first-order chi connectivity index (χ1) is 2.27. The molecule has 0 radical (unpaired) electrons. The molecule has 0 aliphatic carbocycles. The Morgan fingerprint density at radius 2 is 1.83 bits per heavy atom. The summed E-state index contributed by atoms with van der Waals surface area (Å²) in [5.41, 5.74) is 0. The summed E-state index contributed by atoms with van der Waals surface area (Å²) in [5.74, 6) is -1.31. The van der Waals surface area contributed by atoms with E-state index in [0.717, 1.165) is 0 Å². The minimum absolute atomic E-state index is 0. The van der Waals surface area contributed by atoms with Gasteiger partial charge in [0.05, 0.1) is 0 Å². The van der Waals surface area contributed by atoms with Crippen LogP contribution in [0.2, 0.25) is 0 Å². The molecule has 0 aromatic heterocycles. The van der Waals surface area contributed by atoms with E-state index in [1.807, 2.05) is 0 Å². The summed E-state index contributed by atoms with van der Waals surface area (Å²) in [6.45, 7) is 0.0833. The Balaban J connectivity index is 0. The standard InChI is InChI=1S/C2H3O3.Na/c3-1-2(4)5;/h1,3H,(H,4,5);/q-1;+1. The minimum Gasteiger partial charge on any atom is -0.537 e. The quantitative estimate of drug-likeness (QED) is 0.265. The van der Waals surface area contributed by atoms with Crippen LogP contribution in [-0.4, -0.2) is 16.2 Å². The first kappa shape index (κ1) is 9.57. The number of carboxylic acid groups (broad SMARTS) is 1. The molecule has 0 rings (SSSR count). The van der Waals surface area contributed by atoms with Crippen molar-refractivity contribution in [3.05, 3.63) is 6.61 Å². The second-order valence-corrected chi connectivity index (χ2v) is 0.467. The van der Waals surface area contributed by atoms with Crippen LogP contribution in [0.15, 0.2) is 0 Å². The molecule has 0 aromatic rings. The second kappa shape index (κ2) is 5.30. The molecule has 0 saturated carbocycles. The fraction of sp³-hybridized carbons (Fsp3) is 0. The summed E-state index contributed by atoms with van der Waals surface area (Å²) in [6.07, 6.45) is 0. The maximum atomic E-state index is 9.06. The van der Waals surface area contributed by atoms with Crippen LogP contribution >= 0.6 is 0 Å². The van der Waals surface area contributed by atoms with Crippen LogP contribution in [0.3, 0.4) is 0 Å². The molecule has 0 bridgehead atoms. The van der Waals surface area contributed by atoms with E-state index in [0.29, 0.717) is 0 Å². The molecule has 3 nitrogen and oxygen atoms in total. The van der Waals surface area contributed by atoms with Crippen molar-refractivity contribution in [2.75, 3.05) is 0 Å². The summed E-state index contributed by atoms with van der Waals surface area (Å²) in [4.78, 5) is 9.06. The summed E-state index contributed by atoms with van der Waals surface area (Å²) in [6, 6.07) is 0. The van der Waals surface area contributed by atoms with Crippen molar-refractivity contribution < 1.29 is 44.6 Å². The predicted molar refractivity (Wildman–Crippen MR) is 13.9 cm³/mol. The van der Waals surface area contributed by atoms with Gasteiger partial charge in [0.2, 0.25) is 0 Å². The number of rotatable bonds is 1. The molecule has 0 fully saturated rings. The number of aliphatic hydroxyl groups excluding tert-OH is 1. The van der Waals surface area contributed by atoms with Crippen molar-refractivity contribution in [1.82, 2.24) is 0 Å². The van der Waals surface area contributed by atoms with Crippen molar-refractivity contribution >= 4 is 5.97 Å². The van der Waals surface area contributed by atoms with Gasteiger partial charge in [0.15, 0.2) is 5.97 Å². The Labute approximate surface area is 57.3 Å². The van der Waals surface area contributed by atoms with E-state index < -0.39 is 5.97 Å². The van der Waals surface area contributed by atoms with Crippen LogP contribution in [-0.2, 0) is 4.79 Å². The number of hydrogen-bond acceptors (Lipinski definition) is 2. The van der Waals surface area contributed by atoms with Crippen molar-refractivity contribution in [2.24, 2.45) is 0 Å². The molecule has 30 valence electrons. The van der Waals surface area contributed by atoms with Gasteiger partial charge in [-0.25, -0.2) is 0 Å². The van der Waals surface area contributed by atoms with E-state index >= 15 is 0 Å². The van der Waals surface area contributed by atoms with Crippen molar-refractivity contribution in [3.8, 4) is 0 Å². The van der Waals surface area contributed by atoms with E-state index in [1.54, 1.807) is 0 Å². The molecule has 6 heavy (non-hydrogen) atoms. The molecule has 2 N–H and O–H groups in total. The van der Waals surface area contributed by atoms with Gasteiger partial charge in [-0.15, -0.1) is 0 Å². The molecule has 0 aromatic carbocycles. The molecular weight excluding hydrogens is 95.0 g/mol. The monoisotopic (exact) mass is 98.0 g/mol. The second-order valence-electron chi connectivity index (χ2n) is 0.467. The van der Waals surface area contributed by atoms with Crippen LogP contribution in [0.1, 0.15) is 0 Å². The third-order valence-electron chi connectivity index (χ3n) is 0.110. The van der Waals surface area contributed by atoms with Crippen molar-refractivity contribution in [3.63, 3.8) is 0 Å². The summed E-state index contributed by atoms with van der Waals surface area (Å²) < 4.78 is 0. The van der Waals surface area contributed by atoms with E-state index in [-0.39, 0.29) is 36.2 Å². The van der Waals surface area contributed by atoms with Gasteiger partial charge in [-0.1, -0.05) is 0 Å². The molecule has 0 aliphatic rings. The molecular formula is C2H3NaO3. The Kier molecular flexibility index (Phi) is 8.45. The number of carboxylic acids is 1. The molecule has 0 aliphatic heterocycles. The normalized spacial score (nSPS) is 5.50. The molecule has 0 saturated heterocycles. The number of aliphatic carboxylic acids is 1. The van der Waals surface area contributed by atoms with E-state index in [4.69, 9.17) is 15.0 Å². The maximum absolute atomic E-state index is 9.06. The molecule has 0 spiro atoms. The summed E-state index contributed by atoms with van der Waals surface area (Å²) in [5, 5.41) is 14.8. The fourth-order valence-electron chi connectivity index (χ4n) is 0. The van der Waals surface area contributed by atoms with Gasteiger partial charge in [0.25, 0.3) is 0 Å². The van der Waals surface area contributed by atoms with Gasteiger partial charge >= 0.3 is 29.6 Å². The largest absolute Gasteiger partial charge is 1.00 e. The zero-order valence-corrected chi connectivity index (χ0v) is 5.38. The molecule has 0 atom stereocenters. The first-order valence-corrected chi connectivity index (χ1v) is 0.975. The smallest absolute Gasteiger partial charge is 0.537 e. The van der Waals surface area contributed by atoms with Gasteiger partial charge in [-0.3, -0.25) is 4.79 Å². The van der Waals surface area contributed by atoms with Crippen LogP contribution in [0.5, 0.6) is 0 Å². The number of aliphatic hydroxyl groups is 1. The number of hydrogen-bond donors (Lipinski definition) is 2. The summed E-state index contributed by atoms with van der Waals surface area (Å²) >= 11 is 0. The predicted octanol–water partition coefficient (Wildman–Crippen LogP) is -3.39. The van der Waals surface area contributed by atoms with Gasteiger partial charge in [0, 0.05) is 0 Å². The van der Waals surface area contributed by atoms with E-state index in [2.05, 4.69) is 0 Å². The van der Waals surface area contributed by atoms with Crippen LogP contribution < -0.4 is 29.6 Å². The third-order valence-corrected chi connectivity index (χ3v) is 0.110. The van der Waals surface area contributed by atoms with Gasteiger partial charge in [-0.05, 0) is 0 Å². The third kappa shape index (κ3) is 8.85. The fourth-order valence-corrected chi connectivity index (χ4v) is 0. The Morgan fingerprint density at radius 3 is 1.83 bits per heavy atom. The van der Waals surface area contributed by atoms with E-state index in [9.17, 15) is 0 Å². The van der Waals surface area contributed by atoms with Gasteiger partial charge in [-0.2, -0.15) is 6.61 Å². The number of carbonyl (C=O) groups is 1. The molecule has 0 heterocycles. The SMILES string of the molecule is O=C(O)[CH-]O.[Na+]. The first-order valence-electron chi connectivity index (χ1n) is 0.975. The minimum atomic E-state index is -1.31. The average Bonchev–Trinajstić information content (AvgIpc) is 1.38. The zero-order valence-electron chi connectivity index (χ0n) is 3.38. The van der Waals surface area contributed by atoms with Crippen molar-refractivity contribution in [2.45, 2.75) is 0 Å². The maximum Gasteiger partial charge on any atom is 1.00 e. The van der Waals surface area contributed by atoms with Crippen LogP contribution in [0.25, 0.3) is 0 Å². The van der Waals surface area contributed by atoms with Gasteiger partial charge in [0.1, 0.15) is 0 Å².